The number of aromatic nitrogens is 1. The van der Waals surface area contributed by atoms with E-state index < -0.39 is 0 Å². The number of pyridine rings is 1. The highest BCUT2D eigenvalue weighted by Crippen LogP contribution is 1.94. The molecule has 5 nitrogen and oxygen atoms in total. The summed E-state index contributed by atoms with van der Waals surface area (Å²) < 4.78 is 0. The molecule has 17 heavy (non-hydrogen) atoms. The molecule has 6 heteroatoms. The molecule has 2 N–H and O–H groups in total. The third kappa shape index (κ3) is 5.31. The normalized spacial score (nSPS) is 9.71. The van der Waals surface area contributed by atoms with Crippen LogP contribution in [-0.4, -0.2) is 35.8 Å². The summed E-state index contributed by atoms with van der Waals surface area (Å²) in [7, 11) is 0. The van der Waals surface area contributed by atoms with E-state index in [1.807, 2.05) is 0 Å². The van der Waals surface area contributed by atoms with Crippen molar-refractivity contribution in [3.63, 3.8) is 0 Å². The first-order valence-electron chi connectivity index (χ1n) is 5.25. The highest BCUT2D eigenvalue weighted by Gasteiger charge is 2.04. The number of hydrogen-bond acceptors (Lipinski definition) is 3. The Hall–Kier alpha value is -1.62. The van der Waals surface area contributed by atoms with Gasteiger partial charge in [0.1, 0.15) is 0 Å². The number of halogens is 1. The maximum Gasteiger partial charge on any atom is 0.252 e. The lowest BCUT2D eigenvalue weighted by Gasteiger charge is -2.06. The van der Waals surface area contributed by atoms with Gasteiger partial charge in [-0.1, -0.05) is 0 Å². The standard InChI is InChI=1S/C11H14ClN3O2/c12-4-3-10(16)14-6-7-15-11(17)9-2-1-5-13-8-9/h1-2,5,8H,3-4,6-7H2,(H,14,16)(H,15,17). The van der Waals surface area contributed by atoms with E-state index in [9.17, 15) is 9.59 Å². The number of hydrogen-bond donors (Lipinski definition) is 2. The van der Waals surface area contributed by atoms with Crippen LogP contribution in [0.1, 0.15) is 16.8 Å². The van der Waals surface area contributed by atoms with Crippen LogP contribution in [0.3, 0.4) is 0 Å². The maximum atomic E-state index is 11.5. The summed E-state index contributed by atoms with van der Waals surface area (Å²) in [6.45, 7) is 0.767. The lowest BCUT2D eigenvalue weighted by atomic mass is 10.3. The molecule has 0 saturated carbocycles. The van der Waals surface area contributed by atoms with E-state index in [1.165, 1.54) is 6.20 Å². The fourth-order valence-electron chi connectivity index (χ4n) is 1.15. The van der Waals surface area contributed by atoms with E-state index in [-0.39, 0.29) is 18.2 Å². The summed E-state index contributed by atoms with van der Waals surface area (Å²) >= 11 is 5.40. The van der Waals surface area contributed by atoms with Crippen molar-refractivity contribution in [2.75, 3.05) is 19.0 Å². The van der Waals surface area contributed by atoms with Crippen LogP contribution >= 0.6 is 11.6 Å². The molecule has 0 atom stereocenters. The van der Waals surface area contributed by atoms with E-state index in [1.54, 1.807) is 18.3 Å². The number of amides is 2. The van der Waals surface area contributed by atoms with Gasteiger partial charge in [0.15, 0.2) is 0 Å². The number of alkyl halides is 1. The van der Waals surface area contributed by atoms with Crippen LogP contribution in [0.2, 0.25) is 0 Å². The van der Waals surface area contributed by atoms with E-state index in [0.29, 0.717) is 24.5 Å². The summed E-state index contributed by atoms with van der Waals surface area (Å²) in [5.74, 6) is -0.0197. The van der Waals surface area contributed by atoms with Gasteiger partial charge in [-0.15, -0.1) is 11.6 Å². The molecule has 1 aromatic rings. The van der Waals surface area contributed by atoms with Gasteiger partial charge in [-0.2, -0.15) is 0 Å². The van der Waals surface area contributed by atoms with Crippen molar-refractivity contribution in [1.29, 1.82) is 0 Å². The first-order chi connectivity index (χ1) is 8.24. The van der Waals surface area contributed by atoms with Crippen molar-refractivity contribution in [3.05, 3.63) is 30.1 Å². The fraction of sp³-hybridized carbons (Fsp3) is 0.364. The number of nitrogens with one attached hydrogen (secondary N) is 2. The minimum Gasteiger partial charge on any atom is -0.354 e. The van der Waals surface area contributed by atoms with Crippen molar-refractivity contribution in [1.82, 2.24) is 15.6 Å². The number of carbonyl (C=O) groups is 2. The summed E-state index contributed by atoms with van der Waals surface area (Å²) in [6.07, 6.45) is 3.38. The molecule has 0 aliphatic heterocycles. The summed E-state index contributed by atoms with van der Waals surface area (Å²) in [4.78, 5) is 26.4. The van der Waals surface area contributed by atoms with Crippen LogP contribution in [0.5, 0.6) is 0 Å². The van der Waals surface area contributed by atoms with Crippen molar-refractivity contribution in [3.8, 4) is 0 Å². The molecule has 0 aliphatic rings. The molecule has 0 spiro atoms. The van der Waals surface area contributed by atoms with Crippen molar-refractivity contribution < 1.29 is 9.59 Å². The molecule has 1 rings (SSSR count). The van der Waals surface area contributed by atoms with Gasteiger partial charge in [-0.05, 0) is 12.1 Å². The van der Waals surface area contributed by atoms with E-state index in [4.69, 9.17) is 11.6 Å². The SMILES string of the molecule is O=C(CCCl)NCCNC(=O)c1cccnc1. The van der Waals surface area contributed by atoms with Crippen molar-refractivity contribution >= 4 is 23.4 Å². The summed E-state index contributed by atoms with van der Waals surface area (Å²) in [5, 5.41) is 5.31. The van der Waals surface area contributed by atoms with Crippen LogP contribution in [0.4, 0.5) is 0 Å². The minimum absolute atomic E-state index is 0.115. The Morgan fingerprint density at radius 1 is 1.29 bits per heavy atom. The smallest absolute Gasteiger partial charge is 0.252 e. The maximum absolute atomic E-state index is 11.5. The zero-order valence-corrected chi connectivity index (χ0v) is 10.0. The molecule has 0 bridgehead atoms. The monoisotopic (exact) mass is 255 g/mol. The second-order valence-electron chi connectivity index (χ2n) is 3.29. The molecular weight excluding hydrogens is 242 g/mol. The molecule has 0 aromatic carbocycles. The number of rotatable bonds is 6. The third-order valence-corrected chi connectivity index (χ3v) is 2.17. The van der Waals surface area contributed by atoms with Crippen LogP contribution in [0.25, 0.3) is 0 Å². The Bertz CT molecular complexity index is 370. The van der Waals surface area contributed by atoms with Gasteiger partial charge in [-0.3, -0.25) is 14.6 Å². The summed E-state index contributed by atoms with van der Waals surface area (Å²) in [6, 6.07) is 3.37. The van der Waals surface area contributed by atoms with E-state index in [2.05, 4.69) is 15.6 Å². The minimum atomic E-state index is -0.204. The molecular formula is C11H14ClN3O2. The Balaban J connectivity index is 2.19. The molecule has 0 aliphatic carbocycles. The quantitative estimate of drug-likeness (QED) is 0.576. The van der Waals surface area contributed by atoms with Crippen LogP contribution in [-0.2, 0) is 4.79 Å². The molecule has 2 amide bonds. The lowest BCUT2D eigenvalue weighted by Crippen LogP contribution is -2.34. The highest BCUT2D eigenvalue weighted by molar-refractivity contribution is 6.18. The number of carbonyl (C=O) groups excluding carboxylic acids is 2. The fourth-order valence-corrected chi connectivity index (χ4v) is 1.32. The van der Waals surface area contributed by atoms with Gasteiger partial charge >= 0.3 is 0 Å². The van der Waals surface area contributed by atoms with Gasteiger partial charge in [0.25, 0.3) is 5.91 Å². The van der Waals surface area contributed by atoms with Crippen LogP contribution in [0.15, 0.2) is 24.5 Å². The average Bonchev–Trinajstić information content (AvgIpc) is 2.36. The highest BCUT2D eigenvalue weighted by atomic mass is 35.5. The van der Waals surface area contributed by atoms with Gasteiger partial charge in [0, 0.05) is 37.8 Å². The van der Waals surface area contributed by atoms with Gasteiger partial charge < -0.3 is 10.6 Å². The van der Waals surface area contributed by atoms with Gasteiger partial charge in [0.05, 0.1) is 5.56 Å². The third-order valence-electron chi connectivity index (χ3n) is 1.98. The second kappa shape index (κ2) is 7.62. The molecule has 0 fully saturated rings. The Morgan fingerprint density at radius 3 is 2.71 bits per heavy atom. The van der Waals surface area contributed by atoms with Gasteiger partial charge in [-0.25, -0.2) is 0 Å². The molecule has 0 saturated heterocycles. The molecule has 1 aromatic heterocycles. The Morgan fingerprint density at radius 2 is 2.06 bits per heavy atom. The van der Waals surface area contributed by atoms with Gasteiger partial charge in [0.2, 0.25) is 5.91 Å². The predicted molar refractivity (Wildman–Crippen MR) is 64.9 cm³/mol. The van der Waals surface area contributed by atoms with Crippen molar-refractivity contribution in [2.45, 2.75) is 6.42 Å². The molecule has 92 valence electrons. The van der Waals surface area contributed by atoms with Crippen LogP contribution in [0, 0.1) is 0 Å². The zero-order valence-electron chi connectivity index (χ0n) is 9.28. The molecule has 1 heterocycles. The Kier molecular flexibility index (Phi) is 6.03. The lowest BCUT2D eigenvalue weighted by molar-refractivity contribution is -0.120. The second-order valence-corrected chi connectivity index (χ2v) is 3.66. The predicted octanol–water partition coefficient (Wildman–Crippen LogP) is 0.556. The first kappa shape index (κ1) is 13.4. The molecule has 0 radical (unpaired) electrons. The zero-order chi connectivity index (χ0) is 12.5. The van der Waals surface area contributed by atoms with E-state index in [0.717, 1.165) is 0 Å². The van der Waals surface area contributed by atoms with Crippen molar-refractivity contribution in [2.24, 2.45) is 0 Å². The van der Waals surface area contributed by atoms with E-state index >= 15 is 0 Å². The molecule has 0 unspecified atom stereocenters. The first-order valence-corrected chi connectivity index (χ1v) is 5.78. The Labute approximate surface area is 105 Å². The van der Waals surface area contributed by atoms with Crippen LogP contribution < -0.4 is 10.6 Å². The number of nitrogens with zero attached hydrogens (tertiary/aromatic N) is 1. The summed E-state index contributed by atoms with van der Waals surface area (Å²) in [5.41, 5.74) is 0.500. The topological polar surface area (TPSA) is 71.1 Å². The average molecular weight is 256 g/mol. The largest absolute Gasteiger partial charge is 0.354 e.